The number of fused-ring (bicyclic) bond motifs is 2. The monoisotopic (exact) mass is 1320 g/mol. The zero-order valence-electron chi connectivity index (χ0n) is 60.3. The molecule has 1 aliphatic heterocycles. The van der Waals surface area contributed by atoms with Crippen LogP contribution in [0.2, 0.25) is 0 Å². The Morgan fingerprint density at radius 2 is 0.392 bits per heavy atom. The van der Waals surface area contributed by atoms with Gasteiger partial charge in [0.05, 0.1) is 0 Å². The van der Waals surface area contributed by atoms with Crippen LogP contribution in [0.3, 0.4) is 0 Å². The molecule has 2 nitrogen and oxygen atoms in total. The summed E-state index contributed by atoms with van der Waals surface area (Å²) in [5.41, 5.74) is 37.0. The predicted molar refractivity (Wildman–Crippen MR) is 441 cm³/mol. The van der Waals surface area contributed by atoms with E-state index in [-0.39, 0.29) is 0 Å². The second kappa shape index (κ2) is 33.7. The van der Waals surface area contributed by atoms with Gasteiger partial charge in [0.25, 0.3) is 0 Å². The van der Waals surface area contributed by atoms with E-state index in [1.54, 1.807) is 0 Å². The fraction of sp³-hybridized carbons (Fsp3) is 0.100. The average Bonchev–Trinajstić information content (AvgIpc) is 0.777. The van der Waals surface area contributed by atoms with Gasteiger partial charge in [-0.2, -0.15) is 0 Å². The molecule has 102 heavy (non-hydrogen) atoms. The van der Waals surface area contributed by atoms with E-state index in [1.807, 2.05) is 26.0 Å². The third kappa shape index (κ3) is 18.5. The Hall–Kier alpha value is -11.9. The lowest BCUT2D eigenvalue weighted by atomic mass is 9.94. The van der Waals surface area contributed by atoms with Crippen LogP contribution in [0.5, 0.6) is 0 Å². The first kappa shape index (κ1) is 69.9. The predicted octanol–water partition coefficient (Wildman–Crippen LogP) is 26.8. The van der Waals surface area contributed by atoms with E-state index in [2.05, 4.69) is 417 Å². The highest BCUT2D eigenvalue weighted by molar-refractivity contribution is 5.82. The molecule has 2 heteroatoms. The van der Waals surface area contributed by atoms with Gasteiger partial charge < -0.3 is 9.80 Å². The number of benzene rings is 15. The summed E-state index contributed by atoms with van der Waals surface area (Å²) in [5.74, 6) is 0. The minimum absolute atomic E-state index is 1.05. The van der Waals surface area contributed by atoms with Crippen LogP contribution in [0.4, 0.5) is 11.4 Å². The standard InChI is InChI=1S/C31H24.2C25H20.C16H17N.C3H9N/c1-23-9-5-12-25(19-23)27-14-7-16-29(21-27)31-18-8-17-30(22-31)28-15-6-13-26(20-28)24-10-3-2-4-11-24;1-19-15-24(21-11-6-3-7-12-21)18-25(16-19)23-14-8-13-22(17-23)20-9-4-2-5-10-20;1-19-13-15-21(16-14-19)23-10-6-12-25(18-23)24-11-5-9-22(17-24)20-7-3-2-4-8-20;1-11-4-6-15-13(8-11)10-14-9-12(2)5-7-16(14)17(15)3;1-4(2)3/h2-22H,1H3;2*2-18H,1H3;4-9H,10H2,1-3H3;1-3H3. The Balaban J connectivity index is 0.000000128. The number of hydrogen-bond donors (Lipinski definition) is 0. The quantitative estimate of drug-likeness (QED) is 0.135. The summed E-state index contributed by atoms with van der Waals surface area (Å²) in [6.45, 7) is 10.7. The average molecular weight is 1320 g/mol. The van der Waals surface area contributed by atoms with Crippen LogP contribution < -0.4 is 4.90 Å². The molecule has 0 spiro atoms. The van der Waals surface area contributed by atoms with Crippen molar-refractivity contribution in [2.24, 2.45) is 0 Å². The van der Waals surface area contributed by atoms with E-state index in [1.165, 1.54) is 162 Å². The topological polar surface area (TPSA) is 6.48 Å². The van der Waals surface area contributed by atoms with Crippen molar-refractivity contribution in [3.63, 3.8) is 0 Å². The molecule has 16 rings (SSSR count). The maximum absolute atomic E-state index is 2.30. The highest BCUT2D eigenvalue weighted by Gasteiger charge is 2.20. The van der Waals surface area contributed by atoms with Crippen LogP contribution in [0, 0.1) is 34.6 Å². The first-order chi connectivity index (χ1) is 49.7. The largest absolute Gasteiger partial charge is 0.344 e. The van der Waals surface area contributed by atoms with Crippen molar-refractivity contribution in [1.82, 2.24) is 4.90 Å². The minimum Gasteiger partial charge on any atom is -0.344 e. The third-order valence-corrected chi connectivity index (χ3v) is 18.3. The van der Waals surface area contributed by atoms with Gasteiger partial charge in [0.15, 0.2) is 0 Å². The molecule has 500 valence electrons. The Bertz CT molecular complexity index is 5170. The first-order valence-electron chi connectivity index (χ1n) is 35.4. The molecule has 0 atom stereocenters. The number of rotatable bonds is 10. The van der Waals surface area contributed by atoms with Crippen molar-refractivity contribution >= 4 is 11.4 Å². The summed E-state index contributed by atoms with van der Waals surface area (Å²) in [4.78, 5) is 4.30. The van der Waals surface area contributed by atoms with Crippen molar-refractivity contribution in [3.05, 3.63) is 409 Å². The van der Waals surface area contributed by atoms with Crippen molar-refractivity contribution in [3.8, 4) is 111 Å². The van der Waals surface area contributed by atoms with Gasteiger partial charge in [-0.15, -0.1) is 0 Å². The van der Waals surface area contributed by atoms with Crippen LogP contribution in [-0.2, 0) is 6.42 Å². The number of nitrogens with zero attached hydrogens (tertiary/aromatic N) is 2. The maximum atomic E-state index is 2.30. The van der Waals surface area contributed by atoms with Crippen LogP contribution in [-0.4, -0.2) is 33.1 Å². The molecule has 1 heterocycles. The fourth-order valence-electron chi connectivity index (χ4n) is 13.2. The molecule has 0 saturated carbocycles. The summed E-state index contributed by atoms with van der Waals surface area (Å²) >= 11 is 0. The smallest absolute Gasteiger partial charge is 0.0444 e. The zero-order chi connectivity index (χ0) is 70.7. The molecule has 0 aliphatic carbocycles. The molecule has 0 radical (unpaired) electrons. The number of hydrogen-bond acceptors (Lipinski definition) is 2. The van der Waals surface area contributed by atoms with Crippen LogP contribution in [0.1, 0.15) is 38.9 Å². The van der Waals surface area contributed by atoms with E-state index in [9.17, 15) is 0 Å². The molecule has 0 aromatic heterocycles. The molecule has 0 saturated heterocycles. The Morgan fingerprint density at radius 1 is 0.186 bits per heavy atom. The molecule has 15 aromatic rings. The molecular weight excluding hydrogens is 1230 g/mol. The van der Waals surface area contributed by atoms with Crippen LogP contribution in [0.15, 0.2) is 370 Å². The van der Waals surface area contributed by atoms with E-state index < -0.39 is 0 Å². The lowest BCUT2D eigenvalue weighted by Gasteiger charge is -2.30. The Labute approximate surface area is 606 Å². The van der Waals surface area contributed by atoms with Gasteiger partial charge in [-0.1, -0.05) is 338 Å². The first-order valence-corrected chi connectivity index (χ1v) is 35.4. The van der Waals surface area contributed by atoms with Crippen molar-refractivity contribution in [2.75, 3.05) is 33.1 Å². The molecule has 0 bridgehead atoms. The van der Waals surface area contributed by atoms with Gasteiger partial charge in [-0.3, -0.25) is 0 Å². The zero-order valence-corrected chi connectivity index (χ0v) is 60.3. The Morgan fingerprint density at radius 3 is 0.706 bits per heavy atom. The highest BCUT2D eigenvalue weighted by atomic mass is 15.1. The number of aryl methyl sites for hydroxylation is 5. The van der Waals surface area contributed by atoms with E-state index in [0.29, 0.717) is 0 Å². The van der Waals surface area contributed by atoms with Gasteiger partial charge >= 0.3 is 0 Å². The lowest BCUT2D eigenvalue weighted by molar-refractivity contribution is 0.505. The molecule has 0 amide bonds. The van der Waals surface area contributed by atoms with Crippen molar-refractivity contribution in [1.29, 1.82) is 0 Å². The summed E-state index contributed by atoms with van der Waals surface area (Å²) in [5, 5.41) is 0. The summed E-state index contributed by atoms with van der Waals surface area (Å²) in [6, 6.07) is 133. The molecule has 0 unspecified atom stereocenters. The van der Waals surface area contributed by atoms with E-state index >= 15 is 0 Å². The molecule has 1 aliphatic rings. The second-order valence-corrected chi connectivity index (χ2v) is 27.1. The van der Waals surface area contributed by atoms with Crippen molar-refractivity contribution < 1.29 is 0 Å². The van der Waals surface area contributed by atoms with Gasteiger partial charge in [0.1, 0.15) is 0 Å². The summed E-state index contributed by atoms with van der Waals surface area (Å²) in [6.07, 6.45) is 1.05. The minimum atomic E-state index is 1.05. The molecule has 0 fully saturated rings. The Kier molecular flexibility index (Phi) is 23.1. The summed E-state index contributed by atoms with van der Waals surface area (Å²) in [7, 11) is 8.15. The van der Waals surface area contributed by atoms with Crippen molar-refractivity contribution in [2.45, 2.75) is 41.0 Å². The second-order valence-electron chi connectivity index (χ2n) is 27.1. The van der Waals surface area contributed by atoms with E-state index in [0.717, 1.165) is 6.42 Å². The molecule has 0 N–H and O–H groups in total. The third-order valence-electron chi connectivity index (χ3n) is 18.3. The highest BCUT2D eigenvalue weighted by Crippen LogP contribution is 2.39. The fourth-order valence-corrected chi connectivity index (χ4v) is 13.2. The maximum Gasteiger partial charge on any atom is 0.0444 e. The van der Waals surface area contributed by atoms with Gasteiger partial charge in [-0.25, -0.2) is 0 Å². The SMILES string of the molecule is CN(C)C.Cc1cc(-c2ccccc2)cc(-c2cccc(-c3ccccc3)c2)c1.Cc1ccc(-c2cccc(-c3cccc(-c4ccccc4)c3)c2)cc1.Cc1ccc2c(c1)Cc1cc(C)ccc1N2C.Cc1cccc(-c2cccc(-c3cccc(-c4cccc(-c5ccccc5)c4)c3)c2)c1. The van der Waals surface area contributed by atoms with E-state index in [4.69, 9.17) is 0 Å². The molecular formula is C100H90N2. The summed E-state index contributed by atoms with van der Waals surface area (Å²) < 4.78 is 0. The van der Waals surface area contributed by atoms with Crippen LogP contribution in [0.25, 0.3) is 111 Å². The van der Waals surface area contributed by atoms with Gasteiger partial charge in [0.2, 0.25) is 0 Å². The van der Waals surface area contributed by atoms with Gasteiger partial charge in [0, 0.05) is 24.8 Å². The molecule has 15 aromatic carbocycles. The lowest BCUT2D eigenvalue weighted by Crippen LogP contribution is -2.18. The normalized spacial score (nSPS) is 11.0. The van der Waals surface area contributed by atoms with Crippen LogP contribution >= 0.6 is 0 Å². The number of anilines is 2. The van der Waals surface area contributed by atoms with Gasteiger partial charge in [-0.05, 0) is 238 Å².